The summed E-state index contributed by atoms with van der Waals surface area (Å²) in [6.07, 6.45) is 2.79. The minimum absolute atomic E-state index is 0.232. The number of hydrogen-bond acceptors (Lipinski definition) is 2. The molecule has 1 heterocycles. The smallest absolute Gasteiger partial charge is 0.226 e. The lowest BCUT2D eigenvalue weighted by atomic mass is 10.1. The van der Waals surface area contributed by atoms with Gasteiger partial charge in [0.1, 0.15) is 5.75 Å². The van der Waals surface area contributed by atoms with Gasteiger partial charge >= 0.3 is 0 Å². The summed E-state index contributed by atoms with van der Waals surface area (Å²) >= 11 is 0. The van der Waals surface area contributed by atoms with Crippen molar-refractivity contribution in [2.24, 2.45) is 0 Å². The molecule has 1 aromatic carbocycles. The standard InChI is InChI=1S/C13H17NO2/c1-2-16-12-8-6-11(7-9-12)14-10-4-3-5-13(14)15/h6-9H,2-5,10H2,1H3. The number of nitrogens with zero attached hydrogens (tertiary/aromatic N) is 1. The van der Waals surface area contributed by atoms with E-state index in [0.717, 1.165) is 30.8 Å². The molecule has 0 atom stereocenters. The van der Waals surface area contributed by atoms with E-state index in [9.17, 15) is 4.79 Å². The van der Waals surface area contributed by atoms with Crippen LogP contribution in [0.25, 0.3) is 0 Å². The summed E-state index contributed by atoms with van der Waals surface area (Å²) in [5.74, 6) is 1.09. The first-order valence-electron chi connectivity index (χ1n) is 5.84. The SMILES string of the molecule is CCOc1ccc(N2CCCCC2=O)cc1. The highest BCUT2D eigenvalue weighted by Gasteiger charge is 2.19. The number of benzene rings is 1. The monoisotopic (exact) mass is 219 g/mol. The van der Waals surface area contributed by atoms with Crippen molar-refractivity contribution >= 4 is 11.6 Å². The summed E-state index contributed by atoms with van der Waals surface area (Å²) in [4.78, 5) is 13.6. The molecule has 0 saturated carbocycles. The lowest BCUT2D eigenvalue weighted by Crippen LogP contribution is -2.35. The summed E-state index contributed by atoms with van der Waals surface area (Å²) in [5.41, 5.74) is 0.980. The van der Waals surface area contributed by atoms with Crippen LogP contribution in [-0.4, -0.2) is 19.1 Å². The van der Waals surface area contributed by atoms with Gasteiger partial charge in [0, 0.05) is 18.7 Å². The van der Waals surface area contributed by atoms with Crippen LogP contribution in [0.5, 0.6) is 5.75 Å². The van der Waals surface area contributed by atoms with Crippen LogP contribution < -0.4 is 9.64 Å². The van der Waals surface area contributed by atoms with Gasteiger partial charge in [-0.05, 0) is 44.0 Å². The summed E-state index contributed by atoms with van der Waals surface area (Å²) in [5, 5.41) is 0. The molecule has 1 amide bonds. The number of amides is 1. The third-order valence-electron chi connectivity index (χ3n) is 2.78. The van der Waals surface area contributed by atoms with Crippen molar-refractivity contribution in [3.63, 3.8) is 0 Å². The molecule has 1 aliphatic rings. The van der Waals surface area contributed by atoms with E-state index in [-0.39, 0.29) is 5.91 Å². The molecule has 3 heteroatoms. The molecule has 0 N–H and O–H groups in total. The largest absolute Gasteiger partial charge is 0.494 e. The van der Waals surface area contributed by atoms with Crippen molar-refractivity contribution in [2.45, 2.75) is 26.2 Å². The molecule has 0 bridgehead atoms. The highest BCUT2D eigenvalue weighted by molar-refractivity contribution is 5.93. The van der Waals surface area contributed by atoms with Gasteiger partial charge in [-0.25, -0.2) is 0 Å². The lowest BCUT2D eigenvalue weighted by molar-refractivity contribution is -0.119. The Morgan fingerprint density at radius 3 is 2.62 bits per heavy atom. The molecule has 16 heavy (non-hydrogen) atoms. The van der Waals surface area contributed by atoms with Crippen LogP contribution in [0, 0.1) is 0 Å². The maximum absolute atomic E-state index is 11.7. The normalized spacial score (nSPS) is 16.3. The zero-order valence-corrected chi connectivity index (χ0v) is 9.61. The van der Waals surface area contributed by atoms with Crippen molar-refractivity contribution in [1.82, 2.24) is 0 Å². The first-order chi connectivity index (χ1) is 7.81. The maximum Gasteiger partial charge on any atom is 0.226 e. The highest BCUT2D eigenvalue weighted by Crippen LogP contribution is 2.23. The van der Waals surface area contributed by atoms with Gasteiger partial charge in [-0.1, -0.05) is 0 Å². The Morgan fingerprint density at radius 2 is 2.00 bits per heavy atom. The van der Waals surface area contributed by atoms with Gasteiger partial charge in [-0.3, -0.25) is 4.79 Å². The quantitative estimate of drug-likeness (QED) is 0.782. The van der Waals surface area contributed by atoms with Crippen molar-refractivity contribution < 1.29 is 9.53 Å². The molecule has 1 aromatic rings. The van der Waals surface area contributed by atoms with E-state index in [1.165, 1.54) is 0 Å². The molecular weight excluding hydrogens is 202 g/mol. The molecule has 1 fully saturated rings. The zero-order valence-electron chi connectivity index (χ0n) is 9.61. The second-order valence-corrected chi connectivity index (χ2v) is 3.93. The molecule has 3 nitrogen and oxygen atoms in total. The predicted octanol–water partition coefficient (Wildman–Crippen LogP) is 2.60. The van der Waals surface area contributed by atoms with E-state index in [0.29, 0.717) is 13.0 Å². The molecule has 1 saturated heterocycles. The molecule has 0 spiro atoms. The zero-order chi connectivity index (χ0) is 11.4. The van der Waals surface area contributed by atoms with Gasteiger partial charge in [-0.15, -0.1) is 0 Å². The van der Waals surface area contributed by atoms with Crippen LogP contribution in [-0.2, 0) is 4.79 Å². The Morgan fingerprint density at radius 1 is 1.25 bits per heavy atom. The van der Waals surface area contributed by atoms with Crippen LogP contribution in [0.2, 0.25) is 0 Å². The average molecular weight is 219 g/mol. The Kier molecular flexibility index (Phi) is 3.44. The van der Waals surface area contributed by atoms with Crippen molar-refractivity contribution in [3.8, 4) is 5.75 Å². The first kappa shape index (κ1) is 11.0. The fourth-order valence-corrected chi connectivity index (χ4v) is 1.97. The second kappa shape index (κ2) is 5.01. The van der Waals surface area contributed by atoms with Gasteiger partial charge in [0.15, 0.2) is 0 Å². The number of hydrogen-bond donors (Lipinski definition) is 0. The number of anilines is 1. The van der Waals surface area contributed by atoms with E-state index in [1.54, 1.807) is 0 Å². The third kappa shape index (κ3) is 2.35. The summed E-state index contributed by atoms with van der Waals surface area (Å²) < 4.78 is 5.37. The van der Waals surface area contributed by atoms with Gasteiger partial charge in [0.2, 0.25) is 5.91 Å². The average Bonchev–Trinajstić information content (AvgIpc) is 2.31. The Bertz CT molecular complexity index is 359. The van der Waals surface area contributed by atoms with Gasteiger partial charge < -0.3 is 9.64 Å². The molecule has 0 aromatic heterocycles. The summed E-state index contributed by atoms with van der Waals surface area (Å²) in [6, 6.07) is 7.74. The lowest BCUT2D eigenvalue weighted by Gasteiger charge is -2.26. The van der Waals surface area contributed by atoms with Gasteiger partial charge in [0.05, 0.1) is 6.61 Å². The van der Waals surface area contributed by atoms with Gasteiger partial charge in [-0.2, -0.15) is 0 Å². The van der Waals surface area contributed by atoms with E-state index >= 15 is 0 Å². The number of carbonyl (C=O) groups excluding carboxylic acids is 1. The molecular formula is C13H17NO2. The second-order valence-electron chi connectivity index (χ2n) is 3.93. The predicted molar refractivity (Wildman–Crippen MR) is 63.8 cm³/mol. The van der Waals surface area contributed by atoms with Crippen LogP contribution in [0.3, 0.4) is 0 Å². The minimum atomic E-state index is 0.232. The molecule has 2 rings (SSSR count). The van der Waals surface area contributed by atoms with E-state index in [2.05, 4.69) is 0 Å². The van der Waals surface area contributed by atoms with Crippen molar-refractivity contribution in [2.75, 3.05) is 18.1 Å². The molecule has 0 radical (unpaired) electrons. The van der Waals surface area contributed by atoms with Crippen molar-refractivity contribution in [1.29, 1.82) is 0 Å². The maximum atomic E-state index is 11.7. The number of carbonyl (C=O) groups is 1. The number of piperidine rings is 1. The van der Waals surface area contributed by atoms with Crippen LogP contribution in [0.1, 0.15) is 26.2 Å². The Hall–Kier alpha value is -1.51. The Balaban J connectivity index is 2.11. The third-order valence-corrected chi connectivity index (χ3v) is 2.78. The molecule has 1 aliphatic heterocycles. The van der Waals surface area contributed by atoms with Crippen molar-refractivity contribution in [3.05, 3.63) is 24.3 Å². The van der Waals surface area contributed by atoms with Gasteiger partial charge in [0.25, 0.3) is 0 Å². The first-order valence-corrected chi connectivity index (χ1v) is 5.84. The number of ether oxygens (including phenoxy) is 1. The van der Waals surface area contributed by atoms with E-state index in [4.69, 9.17) is 4.74 Å². The van der Waals surface area contributed by atoms with Crippen LogP contribution >= 0.6 is 0 Å². The highest BCUT2D eigenvalue weighted by atomic mass is 16.5. The van der Waals surface area contributed by atoms with E-state index < -0.39 is 0 Å². The molecule has 86 valence electrons. The summed E-state index contributed by atoms with van der Waals surface area (Å²) in [7, 11) is 0. The fraction of sp³-hybridized carbons (Fsp3) is 0.462. The summed E-state index contributed by atoms with van der Waals surface area (Å²) in [6.45, 7) is 3.47. The number of rotatable bonds is 3. The Labute approximate surface area is 96.0 Å². The fourth-order valence-electron chi connectivity index (χ4n) is 1.97. The van der Waals surface area contributed by atoms with Crippen LogP contribution in [0.4, 0.5) is 5.69 Å². The minimum Gasteiger partial charge on any atom is -0.494 e. The molecule has 0 unspecified atom stereocenters. The topological polar surface area (TPSA) is 29.5 Å². The van der Waals surface area contributed by atoms with E-state index in [1.807, 2.05) is 36.1 Å². The molecule has 0 aliphatic carbocycles. The van der Waals surface area contributed by atoms with Crippen LogP contribution in [0.15, 0.2) is 24.3 Å².